The third-order valence-corrected chi connectivity index (χ3v) is 3.24. The number of hydrogen-bond acceptors (Lipinski definition) is 3. The van der Waals surface area contributed by atoms with Gasteiger partial charge >= 0.3 is 0 Å². The molecular weight excluding hydrogens is 236 g/mol. The van der Waals surface area contributed by atoms with E-state index in [0.717, 1.165) is 36.6 Å². The van der Waals surface area contributed by atoms with E-state index < -0.39 is 0 Å². The number of benzene rings is 2. The first-order valence-corrected chi connectivity index (χ1v) is 6.34. The molecule has 0 bridgehead atoms. The highest BCUT2D eigenvalue weighted by Gasteiger charge is 2.11. The van der Waals surface area contributed by atoms with Crippen LogP contribution in [0.3, 0.4) is 0 Å². The molecule has 1 N–H and O–H groups in total. The summed E-state index contributed by atoms with van der Waals surface area (Å²) in [5.41, 5.74) is 4.15. The molecule has 1 heterocycles. The van der Waals surface area contributed by atoms with E-state index in [1.807, 2.05) is 36.4 Å². The largest absolute Gasteiger partial charge is 0.493 e. The van der Waals surface area contributed by atoms with Crippen molar-refractivity contribution in [2.45, 2.75) is 13.0 Å². The van der Waals surface area contributed by atoms with Crippen LogP contribution in [0.2, 0.25) is 0 Å². The smallest absolute Gasteiger partial charge is 0.122 e. The lowest BCUT2D eigenvalue weighted by molar-refractivity contribution is 0.357. The zero-order chi connectivity index (χ0) is 13.1. The molecule has 0 saturated carbocycles. The van der Waals surface area contributed by atoms with Gasteiger partial charge in [0.25, 0.3) is 0 Å². The average molecular weight is 250 g/mol. The van der Waals surface area contributed by atoms with Crippen molar-refractivity contribution in [3.63, 3.8) is 0 Å². The van der Waals surface area contributed by atoms with Crippen LogP contribution in [0, 0.1) is 11.3 Å². The van der Waals surface area contributed by atoms with Crippen molar-refractivity contribution >= 4 is 5.69 Å². The van der Waals surface area contributed by atoms with E-state index in [1.165, 1.54) is 5.56 Å². The van der Waals surface area contributed by atoms with E-state index in [2.05, 4.69) is 17.5 Å². The number of nitriles is 1. The van der Waals surface area contributed by atoms with E-state index in [1.54, 1.807) is 0 Å². The van der Waals surface area contributed by atoms with Crippen LogP contribution in [0.25, 0.3) is 0 Å². The summed E-state index contributed by atoms with van der Waals surface area (Å²) in [6.07, 6.45) is 0.981. The number of anilines is 1. The van der Waals surface area contributed by atoms with Gasteiger partial charge in [-0.1, -0.05) is 12.1 Å². The van der Waals surface area contributed by atoms with Crippen molar-refractivity contribution in [2.75, 3.05) is 11.9 Å². The van der Waals surface area contributed by atoms with E-state index in [-0.39, 0.29) is 0 Å². The first-order valence-electron chi connectivity index (χ1n) is 6.34. The van der Waals surface area contributed by atoms with Crippen LogP contribution in [0.5, 0.6) is 5.75 Å². The van der Waals surface area contributed by atoms with Crippen LogP contribution in [0.1, 0.15) is 16.7 Å². The van der Waals surface area contributed by atoms with Crippen LogP contribution in [0.15, 0.2) is 42.5 Å². The summed E-state index contributed by atoms with van der Waals surface area (Å²) < 4.78 is 5.48. The fraction of sp³-hybridized carbons (Fsp3) is 0.188. The molecule has 0 spiro atoms. The number of rotatable bonds is 3. The number of nitrogens with one attached hydrogen (secondary N) is 1. The minimum Gasteiger partial charge on any atom is -0.493 e. The first kappa shape index (κ1) is 11.6. The summed E-state index contributed by atoms with van der Waals surface area (Å²) in [6.45, 7) is 1.50. The standard InChI is InChI=1S/C16H14N2O/c17-10-12-2-1-3-13(8-12)11-18-15-4-5-16-14(9-15)6-7-19-16/h1-5,8-9,18H,6-7,11H2. The maximum absolute atomic E-state index is 8.87. The van der Waals surface area contributed by atoms with Gasteiger partial charge in [-0.3, -0.25) is 0 Å². The molecule has 0 radical (unpaired) electrons. The van der Waals surface area contributed by atoms with Crippen LogP contribution in [-0.4, -0.2) is 6.61 Å². The second-order valence-electron chi connectivity index (χ2n) is 4.59. The predicted octanol–water partition coefficient (Wildman–Crippen LogP) is 3.11. The van der Waals surface area contributed by atoms with Crippen molar-refractivity contribution < 1.29 is 4.74 Å². The quantitative estimate of drug-likeness (QED) is 0.910. The highest BCUT2D eigenvalue weighted by molar-refractivity contribution is 5.52. The van der Waals surface area contributed by atoms with Crippen LogP contribution < -0.4 is 10.1 Å². The molecule has 19 heavy (non-hydrogen) atoms. The Morgan fingerprint density at radius 2 is 2.16 bits per heavy atom. The van der Waals surface area contributed by atoms with Crippen molar-refractivity contribution in [3.05, 3.63) is 59.2 Å². The number of fused-ring (bicyclic) bond motifs is 1. The Balaban J connectivity index is 1.70. The van der Waals surface area contributed by atoms with Gasteiger partial charge in [0.1, 0.15) is 5.75 Å². The molecule has 1 aliphatic rings. The molecule has 0 atom stereocenters. The lowest BCUT2D eigenvalue weighted by atomic mass is 10.1. The summed E-state index contributed by atoms with van der Waals surface area (Å²) in [7, 11) is 0. The lowest BCUT2D eigenvalue weighted by Gasteiger charge is -2.08. The Hall–Kier alpha value is -2.47. The molecule has 3 nitrogen and oxygen atoms in total. The Morgan fingerprint density at radius 1 is 1.21 bits per heavy atom. The zero-order valence-corrected chi connectivity index (χ0v) is 10.5. The number of nitrogens with zero attached hydrogens (tertiary/aromatic N) is 1. The molecule has 1 aliphatic heterocycles. The Kier molecular flexibility index (Phi) is 3.07. The summed E-state index contributed by atoms with van der Waals surface area (Å²) in [5, 5.41) is 12.2. The molecule has 3 rings (SSSR count). The van der Waals surface area contributed by atoms with Crippen LogP contribution in [0.4, 0.5) is 5.69 Å². The first-order chi connectivity index (χ1) is 9.35. The number of hydrogen-bond donors (Lipinski definition) is 1. The number of ether oxygens (including phenoxy) is 1. The molecule has 0 aromatic heterocycles. The van der Waals surface area contributed by atoms with Gasteiger partial charge < -0.3 is 10.1 Å². The van der Waals surface area contributed by atoms with Crippen LogP contribution >= 0.6 is 0 Å². The van der Waals surface area contributed by atoms with E-state index in [0.29, 0.717) is 5.56 Å². The summed E-state index contributed by atoms with van der Waals surface area (Å²) in [5.74, 6) is 0.997. The summed E-state index contributed by atoms with van der Waals surface area (Å²) >= 11 is 0. The van der Waals surface area contributed by atoms with Gasteiger partial charge in [0.05, 0.1) is 18.2 Å². The fourth-order valence-corrected chi connectivity index (χ4v) is 2.25. The zero-order valence-electron chi connectivity index (χ0n) is 10.5. The molecule has 0 amide bonds. The van der Waals surface area contributed by atoms with Gasteiger partial charge in [0, 0.05) is 18.7 Å². The van der Waals surface area contributed by atoms with Crippen molar-refractivity contribution in [3.8, 4) is 11.8 Å². The molecule has 0 unspecified atom stereocenters. The maximum atomic E-state index is 8.87. The van der Waals surface area contributed by atoms with Gasteiger partial charge in [-0.15, -0.1) is 0 Å². The predicted molar refractivity (Wildman–Crippen MR) is 74.1 cm³/mol. The molecule has 0 saturated heterocycles. The molecule has 2 aromatic carbocycles. The van der Waals surface area contributed by atoms with Gasteiger partial charge in [-0.2, -0.15) is 5.26 Å². The SMILES string of the molecule is N#Cc1cccc(CNc2ccc3c(c2)CCO3)c1. The molecule has 0 aliphatic carbocycles. The van der Waals surface area contributed by atoms with Gasteiger partial charge in [0.15, 0.2) is 0 Å². The van der Waals surface area contributed by atoms with Crippen molar-refractivity contribution in [1.82, 2.24) is 0 Å². The highest BCUT2D eigenvalue weighted by atomic mass is 16.5. The second kappa shape index (κ2) is 5.03. The Labute approximate surface area is 112 Å². The van der Waals surface area contributed by atoms with E-state index in [9.17, 15) is 0 Å². The maximum Gasteiger partial charge on any atom is 0.122 e. The van der Waals surface area contributed by atoms with Gasteiger partial charge in [-0.05, 0) is 41.5 Å². The van der Waals surface area contributed by atoms with E-state index >= 15 is 0 Å². The second-order valence-corrected chi connectivity index (χ2v) is 4.59. The molecule has 94 valence electrons. The van der Waals surface area contributed by atoms with Crippen LogP contribution in [-0.2, 0) is 13.0 Å². The van der Waals surface area contributed by atoms with Crippen molar-refractivity contribution in [1.29, 1.82) is 5.26 Å². The average Bonchev–Trinajstić information content (AvgIpc) is 2.93. The Bertz CT molecular complexity index is 643. The van der Waals surface area contributed by atoms with E-state index in [4.69, 9.17) is 10.00 Å². The monoisotopic (exact) mass is 250 g/mol. The normalized spacial score (nSPS) is 12.4. The molecule has 0 fully saturated rings. The topological polar surface area (TPSA) is 45.0 Å². The minimum atomic E-state index is 0.696. The molecule has 3 heteroatoms. The van der Waals surface area contributed by atoms with Gasteiger partial charge in [-0.25, -0.2) is 0 Å². The summed E-state index contributed by atoms with van der Waals surface area (Å²) in [6, 6.07) is 16.0. The minimum absolute atomic E-state index is 0.696. The van der Waals surface area contributed by atoms with Crippen molar-refractivity contribution in [2.24, 2.45) is 0 Å². The lowest BCUT2D eigenvalue weighted by Crippen LogP contribution is -1.99. The fourth-order valence-electron chi connectivity index (χ4n) is 2.25. The highest BCUT2D eigenvalue weighted by Crippen LogP contribution is 2.28. The Morgan fingerprint density at radius 3 is 3.05 bits per heavy atom. The third-order valence-electron chi connectivity index (χ3n) is 3.24. The molecular formula is C16H14N2O. The third kappa shape index (κ3) is 2.53. The van der Waals surface area contributed by atoms with Gasteiger partial charge in [0.2, 0.25) is 0 Å². The summed E-state index contributed by atoms with van der Waals surface area (Å²) in [4.78, 5) is 0. The molecule has 2 aromatic rings.